The highest BCUT2D eigenvalue weighted by molar-refractivity contribution is 9.10. The monoisotopic (exact) mass is 303 g/mol. The van der Waals surface area contributed by atoms with Crippen LogP contribution in [0, 0.1) is 0 Å². The molecule has 0 radical (unpaired) electrons. The zero-order valence-electron chi connectivity index (χ0n) is 9.25. The first-order valence-corrected chi connectivity index (χ1v) is 6.62. The van der Waals surface area contributed by atoms with E-state index in [1.54, 1.807) is 0 Å². The molecule has 1 rings (SSSR count). The van der Waals surface area contributed by atoms with E-state index in [-0.39, 0.29) is 5.91 Å². The van der Waals surface area contributed by atoms with Crippen molar-refractivity contribution in [2.24, 2.45) is 0 Å². The van der Waals surface area contributed by atoms with Gasteiger partial charge >= 0.3 is 0 Å². The van der Waals surface area contributed by atoms with Gasteiger partial charge in [-0.05, 0) is 31.5 Å². The molecule has 0 spiro atoms. The van der Waals surface area contributed by atoms with Crippen molar-refractivity contribution < 1.29 is 4.79 Å². The zero-order chi connectivity index (χ0) is 12.0. The van der Waals surface area contributed by atoms with E-state index in [1.807, 2.05) is 36.1 Å². The lowest BCUT2D eigenvalue weighted by Crippen LogP contribution is -2.31. The maximum atomic E-state index is 12.1. The Morgan fingerprint density at radius 1 is 1.50 bits per heavy atom. The molecule has 0 saturated carbocycles. The molecule has 88 valence electrons. The summed E-state index contributed by atoms with van der Waals surface area (Å²) in [5.74, 6) is 0.649. The largest absolute Gasteiger partial charge is 0.339 e. The first-order chi connectivity index (χ1) is 7.69. The van der Waals surface area contributed by atoms with Crippen LogP contribution in [-0.2, 0) is 0 Å². The van der Waals surface area contributed by atoms with E-state index in [9.17, 15) is 4.79 Å². The van der Waals surface area contributed by atoms with E-state index in [0.717, 1.165) is 10.9 Å². The minimum absolute atomic E-state index is 0.0638. The quantitative estimate of drug-likeness (QED) is 0.762. The topological polar surface area (TPSA) is 20.3 Å². The number of hydrogen-bond donors (Lipinski definition) is 0. The van der Waals surface area contributed by atoms with Crippen molar-refractivity contribution >= 4 is 33.4 Å². The van der Waals surface area contributed by atoms with Crippen LogP contribution in [0.3, 0.4) is 0 Å². The summed E-state index contributed by atoms with van der Waals surface area (Å²) in [6.07, 6.45) is 0.829. The lowest BCUT2D eigenvalue weighted by molar-refractivity contribution is 0.0765. The Labute approximate surface area is 110 Å². The molecule has 2 nitrogen and oxygen atoms in total. The molecule has 1 amide bonds. The van der Waals surface area contributed by atoms with Gasteiger partial charge in [-0.15, -0.1) is 11.6 Å². The Bertz CT molecular complexity index is 357. The van der Waals surface area contributed by atoms with Crippen molar-refractivity contribution in [3.05, 3.63) is 34.3 Å². The van der Waals surface area contributed by atoms with Crippen molar-refractivity contribution in [2.45, 2.75) is 13.3 Å². The fourth-order valence-electron chi connectivity index (χ4n) is 1.46. The van der Waals surface area contributed by atoms with E-state index in [2.05, 4.69) is 15.9 Å². The number of carbonyl (C=O) groups is 1. The first-order valence-electron chi connectivity index (χ1n) is 5.29. The maximum absolute atomic E-state index is 12.1. The second kappa shape index (κ2) is 6.92. The summed E-state index contributed by atoms with van der Waals surface area (Å²) >= 11 is 9.00. The van der Waals surface area contributed by atoms with Gasteiger partial charge in [0.15, 0.2) is 0 Å². The van der Waals surface area contributed by atoms with Crippen LogP contribution in [-0.4, -0.2) is 29.8 Å². The fraction of sp³-hybridized carbons (Fsp3) is 0.417. The van der Waals surface area contributed by atoms with Gasteiger partial charge in [-0.1, -0.05) is 22.0 Å². The normalized spacial score (nSPS) is 10.2. The molecule has 0 bridgehead atoms. The summed E-state index contributed by atoms with van der Waals surface area (Å²) in [4.78, 5) is 13.9. The van der Waals surface area contributed by atoms with Crippen molar-refractivity contribution in [3.63, 3.8) is 0 Å². The van der Waals surface area contributed by atoms with Gasteiger partial charge in [0.2, 0.25) is 0 Å². The Morgan fingerprint density at radius 3 is 2.81 bits per heavy atom. The molecule has 0 aromatic heterocycles. The maximum Gasteiger partial charge on any atom is 0.253 e. The van der Waals surface area contributed by atoms with Crippen LogP contribution in [0.25, 0.3) is 0 Å². The van der Waals surface area contributed by atoms with Crippen molar-refractivity contribution in [1.82, 2.24) is 4.90 Å². The van der Waals surface area contributed by atoms with Crippen LogP contribution >= 0.6 is 27.5 Å². The Hall–Kier alpha value is -0.540. The van der Waals surface area contributed by atoms with Crippen LogP contribution in [0.1, 0.15) is 23.7 Å². The molecule has 1 aromatic rings. The molecule has 0 unspecified atom stereocenters. The van der Waals surface area contributed by atoms with Gasteiger partial charge in [-0.25, -0.2) is 0 Å². The Kier molecular flexibility index (Phi) is 5.85. The van der Waals surface area contributed by atoms with E-state index in [1.165, 1.54) is 0 Å². The van der Waals surface area contributed by atoms with Crippen molar-refractivity contribution in [3.8, 4) is 0 Å². The molecule has 0 saturated heterocycles. The van der Waals surface area contributed by atoms with Crippen LogP contribution < -0.4 is 0 Å². The third kappa shape index (κ3) is 3.80. The number of halogens is 2. The second-order valence-electron chi connectivity index (χ2n) is 3.44. The third-order valence-corrected chi connectivity index (χ3v) is 3.06. The average molecular weight is 305 g/mol. The van der Waals surface area contributed by atoms with Gasteiger partial charge in [-0.3, -0.25) is 4.79 Å². The molecule has 0 N–H and O–H groups in total. The van der Waals surface area contributed by atoms with Crippen molar-refractivity contribution in [1.29, 1.82) is 0 Å². The van der Waals surface area contributed by atoms with Crippen LogP contribution in [0.15, 0.2) is 28.7 Å². The standard InChI is InChI=1S/C12H15BrClNO/c1-2-15(8-4-7-14)12(16)10-5-3-6-11(13)9-10/h3,5-6,9H,2,4,7-8H2,1H3. The summed E-state index contributed by atoms with van der Waals surface area (Å²) in [5, 5.41) is 0. The lowest BCUT2D eigenvalue weighted by Gasteiger charge is -2.20. The van der Waals surface area contributed by atoms with E-state index in [4.69, 9.17) is 11.6 Å². The van der Waals surface area contributed by atoms with Gasteiger partial charge in [0, 0.05) is 29.0 Å². The second-order valence-corrected chi connectivity index (χ2v) is 4.73. The SMILES string of the molecule is CCN(CCCCl)C(=O)c1cccc(Br)c1. The smallest absolute Gasteiger partial charge is 0.253 e. The van der Waals surface area contributed by atoms with Crippen molar-refractivity contribution in [2.75, 3.05) is 19.0 Å². The Balaban J connectivity index is 2.74. The van der Waals surface area contributed by atoms with Gasteiger partial charge in [-0.2, -0.15) is 0 Å². The minimum Gasteiger partial charge on any atom is -0.339 e. The number of amides is 1. The zero-order valence-corrected chi connectivity index (χ0v) is 11.6. The number of rotatable bonds is 5. The molecule has 1 aromatic carbocycles. The predicted octanol–water partition coefficient (Wildman–Crippen LogP) is 3.54. The number of nitrogens with zero attached hydrogens (tertiary/aromatic N) is 1. The van der Waals surface area contributed by atoms with Crippen LogP contribution in [0.4, 0.5) is 0 Å². The molecule has 16 heavy (non-hydrogen) atoms. The van der Waals surface area contributed by atoms with Crippen LogP contribution in [0.5, 0.6) is 0 Å². The molecule has 0 aliphatic heterocycles. The summed E-state index contributed by atoms with van der Waals surface area (Å²) < 4.78 is 0.923. The lowest BCUT2D eigenvalue weighted by atomic mass is 10.2. The minimum atomic E-state index is 0.0638. The highest BCUT2D eigenvalue weighted by Crippen LogP contribution is 2.13. The number of alkyl halides is 1. The molecular weight excluding hydrogens is 289 g/mol. The molecule has 0 heterocycles. The predicted molar refractivity (Wildman–Crippen MR) is 71.1 cm³/mol. The van der Waals surface area contributed by atoms with Gasteiger partial charge in [0.1, 0.15) is 0 Å². The summed E-state index contributed by atoms with van der Waals surface area (Å²) in [7, 11) is 0. The number of hydrogen-bond acceptors (Lipinski definition) is 1. The van der Waals surface area contributed by atoms with E-state index >= 15 is 0 Å². The highest BCUT2D eigenvalue weighted by atomic mass is 79.9. The first kappa shape index (κ1) is 13.5. The van der Waals surface area contributed by atoms with Gasteiger partial charge < -0.3 is 4.90 Å². The number of carbonyl (C=O) groups excluding carboxylic acids is 1. The molecule has 0 aliphatic carbocycles. The molecular formula is C12H15BrClNO. The molecule has 0 aliphatic rings. The van der Waals surface area contributed by atoms with Crippen LogP contribution in [0.2, 0.25) is 0 Å². The number of benzene rings is 1. The third-order valence-electron chi connectivity index (χ3n) is 2.30. The molecule has 0 atom stereocenters. The van der Waals surface area contributed by atoms with Gasteiger partial charge in [0.25, 0.3) is 5.91 Å². The van der Waals surface area contributed by atoms with E-state index in [0.29, 0.717) is 24.5 Å². The summed E-state index contributed by atoms with van der Waals surface area (Å²) in [6, 6.07) is 7.45. The molecule has 4 heteroatoms. The summed E-state index contributed by atoms with van der Waals surface area (Å²) in [5.41, 5.74) is 0.714. The average Bonchev–Trinajstić information content (AvgIpc) is 2.29. The van der Waals surface area contributed by atoms with Gasteiger partial charge in [0.05, 0.1) is 0 Å². The Morgan fingerprint density at radius 2 is 2.25 bits per heavy atom. The summed E-state index contributed by atoms with van der Waals surface area (Å²) in [6.45, 7) is 3.40. The van der Waals surface area contributed by atoms with E-state index < -0.39 is 0 Å². The highest BCUT2D eigenvalue weighted by Gasteiger charge is 2.13. The molecule has 0 fully saturated rings. The fourth-order valence-corrected chi connectivity index (χ4v) is 1.98.